The predicted octanol–water partition coefficient (Wildman–Crippen LogP) is 1.47. The highest BCUT2D eigenvalue weighted by molar-refractivity contribution is 7.92. The van der Waals surface area contributed by atoms with Crippen LogP contribution in [0.25, 0.3) is 0 Å². The van der Waals surface area contributed by atoms with Crippen LogP contribution >= 0.6 is 0 Å². The number of nitrogens with zero attached hydrogens (tertiary/aromatic N) is 1. The van der Waals surface area contributed by atoms with Gasteiger partial charge in [0, 0.05) is 25.7 Å². The Balaban J connectivity index is 2.04. The van der Waals surface area contributed by atoms with Crippen molar-refractivity contribution >= 4 is 21.7 Å². The van der Waals surface area contributed by atoms with Gasteiger partial charge in [-0.25, -0.2) is 8.42 Å². The van der Waals surface area contributed by atoms with Crippen LogP contribution in [0, 0.1) is 0 Å². The van der Waals surface area contributed by atoms with Crippen molar-refractivity contribution in [3.63, 3.8) is 0 Å². The summed E-state index contributed by atoms with van der Waals surface area (Å²) in [7, 11) is -2.29. The average molecular weight is 392 g/mol. The first-order valence-corrected chi connectivity index (χ1v) is 9.65. The lowest BCUT2D eigenvalue weighted by atomic mass is 10.1. The van der Waals surface area contributed by atoms with Crippen LogP contribution in [0.3, 0.4) is 0 Å². The fraction of sp³-hybridized carbons (Fsp3) is 0.500. The van der Waals surface area contributed by atoms with Gasteiger partial charge in [0.25, 0.3) is 5.91 Å². The number of hydrogen-bond donors (Lipinski definition) is 1. The van der Waals surface area contributed by atoms with E-state index >= 15 is 0 Å². The number of amides is 2. The maximum atomic E-state index is 12.8. The number of sulfone groups is 1. The van der Waals surface area contributed by atoms with E-state index in [1.807, 2.05) is 0 Å². The molecule has 0 saturated carbocycles. The molecule has 2 amide bonds. The first-order valence-electron chi connectivity index (χ1n) is 7.93. The number of rotatable bonds is 4. The largest absolute Gasteiger partial charge is 0.416 e. The van der Waals surface area contributed by atoms with Crippen LogP contribution in [0.2, 0.25) is 0 Å². The number of hydrogen-bond acceptors (Lipinski definition) is 4. The van der Waals surface area contributed by atoms with E-state index in [-0.39, 0.29) is 31.5 Å². The molecule has 144 valence electrons. The minimum Gasteiger partial charge on any atom is -0.358 e. The first kappa shape index (κ1) is 20.2. The Bertz CT molecular complexity index is 785. The van der Waals surface area contributed by atoms with Crippen molar-refractivity contribution in [3.8, 4) is 0 Å². The topological polar surface area (TPSA) is 83.6 Å². The summed E-state index contributed by atoms with van der Waals surface area (Å²) in [4.78, 5) is 25.0. The summed E-state index contributed by atoms with van der Waals surface area (Å²) < 4.78 is 62.6. The van der Waals surface area contributed by atoms with E-state index in [4.69, 9.17) is 0 Å². The van der Waals surface area contributed by atoms with E-state index in [1.165, 1.54) is 18.0 Å². The zero-order chi connectivity index (χ0) is 19.5. The fourth-order valence-corrected chi connectivity index (χ4v) is 4.48. The molecule has 0 unspecified atom stereocenters. The molecule has 0 aliphatic carbocycles. The van der Waals surface area contributed by atoms with Crippen molar-refractivity contribution < 1.29 is 31.2 Å². The van der Waals surface area contributed by atoms with Gasteiger partial charge >= 0.3 is 6.18 Å². The van der Waals surface area contributed by atoms with Gasteiger partial charge in [-0.1, -0.05) is 6.07 Å². The summed E-state index contributed by atoms with van der Waals surface area (Å²) in [6.07, 6.45) is -4.26. The van der Waals surface area contributed by atoms with Crippen molar-refractivity contribution in [2.45, 2.75) is 24.3 Å². The lowest BCUT2D eigenvalue weighted by Gasteiger charge is -2.31. The van der Waals surface area contributed by atoms with Gasteiger partial charge in [-0.3, -0.25) is 9.59 Å². The average Bonchev–Trinajstić information content (AvgIpc) is 2.60. The number of alkyl halides is 3. The van der Waals surface area contributed by atoms with Gasteiger partial charge in [0.1, 0.15) is 5.75 Å². The van der Waals surface area contributed by atoms with E-state index in [2.05, 4.69) is 5.32 Å². The normalized spacial score (nSPS) is 16.4. The van der Waals surface area contributed by atoms with Gasteiger partial charge in [-0.2, -0.15) is 13.2 Å². The number of carbonyl (C=O) groups is 2. The third-order valence-electron chi connectivity index (χ3n) is 4.29. The third kappa shape index (κ3) is 4.75. The number of nitrogens with one attached hydrogen (secondary N) is 1. The van der Waals surface area contributed by atoms with Crippen LogP contribution in [0.1, 0.15) is 28.8 Å². The van der Waals surface area contributed by atoms with Crippen molar-refractivity contribution in [2.24, 2.45) is 0 Å². The fourth-order valence-electron chi connectivity index (χ4n) is 2.80. The zero-order valence-electron chi connectivity index (χ0n) is 14.0. The minimum atomic E-state index is -4.54. The molecule has 2 rings (SSSR count). The van der Waals surface area contributed by atoms with Gasteiger partial charge in [0.05, 0.1) is 10.8 Å². The molecule has 26 heavy (non-hydrogen) atoms. The zero-order valence-corrected chi connectivity index (χ0v) is 14.9. The van der Waals surface area contributed by atoms with Crippen molar-refractivity contribution in [1.29, 1.82) is 0 Å². The van der Waals surface area contributed by atoms with E-state index in [9.17, 15) is 31.2 Å². The summed E-state index contributed by atoms with van der Waals surface area (Å²) in [5, 5.41) is 1.51. The molecule has 0 radical (unpaired) electrons. The van der Waals surface area contributed by atoms with Crippen LogP contribution in [-0.4, -0.2) is 56.3 Å². The van der Waals surface area contributed by atoms with E-state index in [1.54, 1.807) is 0 Å². The molecule has 1 heterocycles. The molecule has 1 saturated heterocycles. The second-order valence-corrected chi connectivity index (χ2v) is 8.33. The lowest BCUT2D eigenvalue weighted by Crippen LogP contribution is -2.44. The Morgan fingerprint density at radius 2 is 1.85 bits per heavy atom. The van der Waals surface area contributed by atoms with Crippen LogP contribution in [0.5, 0.6) is 0 Å². The molecule has 1 aliphatic heterocycles. The van der Waals surface area contributed by atoms with E-state index < -0.39 is 44.4 Å². The highest BCUT2D eigenvalue weighted by Crippen LogP contribution is 2.30. The molecule has 0 bridgehead atoms. The van der Waals surface area contributed by atoms with Crippen LogP contribution < -0.4 is 5.32 Å². The van der Waals surface area contributed by atoms with Crippen molar-refractivity contribution in [1.82, 2.24) is 10.2 Å². The smallest absolute Gasteiger partial charge is 0.358 e. The number of likely N-dealkylation sites (tertiary alicyclic amines) is 1. The predicted molar refractivity (Wildman–Crippen MR) is 88.2 cm³/mol. The Morgan fingerprint density at radius 3 is 2.38 bits per heavy atom. The monoisotopic (exact) mass is 392 g/mol. The van der Waals surface area contributed by atoms with Crippen LogP contribution in [-0.2, 0) is 20.8 Å². The standard InChI is InChI=1S/C16H19F3N2O4S/c1-20-14(22)10-26(24,25)13-5-7-21(8-6-13)15(23)11-3-2-4-12(9-11)16(17,18)19/h2-4,9,13H,5-8,10H2,1H3,(H,20,22). The Kier molecular flexibility index (Phi) is 5.94. The maximum absolute atomic E-state index is 12.8. The molecule has 0 spiro atoms. The van der Waals surface area contributed by atoms with Crippen LogP contribution in [0.4, 0.5) is 13.2 Å². The van der Waals surface area contributed by atoms with E-state index in [0.29, 0.717) is 0 Å². The molecule has 6 nitrogen and oxygen atoms in total. The first-order chi connectivity index (χ1) is 12.0. The second kappa shape index (κ2) is 7.65. The molecule has 1 aliphatic rings. The summed E-state index contributed by atoms with van der Waals surface area (Å²) in [6.45, 7) is 0.208. The molecule has 0 aromatic heterocycles. The Hall–Kier alpha value is -2.10. The summed E-state index contributed by atoms with van der Waals surface area (Å²) in [6, 6.07) is 4.13. The summed E-state index contributed by atoms with van der Waals surface area (Å²) >= 11 is 0. The minimum absolute atomic E-state index is 0.0912. The maximum Gasteiger partial charge on any atom is 0.416 e. The summed E-state index contributed by atoms with van der Waals surface area (Å²) in [5.74, 6) is -1.79. The lowest BCUT2D eigenvalue weighted by molar-refractivity contribution is -0.137. The number of halogens is 3. The van der Waals surface area contributed by atoms with Gasteiger partial charge in [-0.05, 0) is 31.0 Å². The highest BCUT2D eigenvalue weighted by atomic mass is 32.2. The molecule has 1 aromatic rings. The van der Waals surface area contributed by atoms with Gasteiger partial charge in [0.15, 0.2) is 9.84 Å². The SMILES string of the molecule is CNC(=O)CS(=O)(=O)C1CCN(C(=O)c2cccc(C(F)(F)F)c2)CC1. The van der Waals surface area contributed by atoms with Gasteiger partial charge < -0.3 is 10.2 Å². The Labute approximate surface area is 149 Å². The number of benzene rings is 1. The van der Waals surface area contributed by atoms with Crippen LogP contribution in [0.15, 0.2) is 24.3 Å². The number of piperidine rings is 1. The van der Waals surface area contributed by atoms with Crippen molar-refractivity contribution in [2.75, 3.05) is 25.9 Å². The molecular formula is C16H19F3N2O4S. The summed E-state index contributed by atoms with van der Waals surface area (Å²) in [5.41, 5.74) is -1.00. The molecule has 1 aromatic carbocycles. The molecule has 1 fully saturated rings. The highest BCUT2D eigenvalue weighted by Gasteiger charge is 2.34. The van der Waals surface area contributed by atoms with E-state index in [0.717, 1.165) is 18.2 Å². The van der Waals surface area contributed by atoms with Crippen molar-refractivity contribution in [3.05, 3.63) is 35.4 Å². The molecule has 0 atom stereocenters. The molecule has 1 N–H and O–H groups in total. The number of carbonyl (C=O) groups excluding carboxylic acids is 2. The van der Waals surface area contributed by atoms with Gasteiger partial charge in [-0.15, -0.1) is 0 Å². The Morgan fingerprint density at radius 1 is 1.23 bits per heavy atom. The second-order valence-electron chi connectivity index (χ2n) is 6.05. The third-order valence-corrected chi connectivity index (χ3v) is 6.44. The molecular weight excluding hydrogens is 373 g/mol. The molecule has 10 heteroatoms. The van der Waals surface area contributed by atoms with Gasteiger partial charge in [0.2, 0.25) is 5.91 Å². The quantitative estimate of drug-likeness (QED) is 0.841.